The molecular weight excluding hydrogens is 403 g/mol. The molecule has 0 saturated heterocycles. The standard InChI is InChI=1S/C16H22Cl2N2O3S2/c1-24-9-8-14(16(21)19-12-4-2-3-5-12)20-25(22,23)15-10-11(17)6-7-13(15)18/h6-7,10,12,14,20H,2-5,8-9H2,1H3,(H,19,21)/t14-/m1/s1. The number of hydrogen-bond donors (Lipinski definition) is 2. The molecule has 0 aromatic heterocycles. The highest BCUT2D eigenvalue weighted by molar-refractivity contribution is 7.98. The van der Waals surface area contributed by atoms with E-state index in [2.05, 4.69) is 10.0 Å². The molecule has 1 saturated carbocycles. The van der Waals surface area contributed by atoms with Crippen molar-refractivity contribution >= 4 is 50.9 Å². The van der Waals surface area contributed by atoms with Crippen LogP contribution >= 0.6 is 35.0 Å². The average Bonchev–Trinajstić information content (AvgIpc) is 3.06. The zero-order valence-electron chi connectivity index (χ0n) is 13.9. The van der Waals surface area contributed by atoms with Gasteiger partial charge in [-0.3, -0.25) is 4.79 Å². The van der Waals surface area contributed by atoms with Crippen LogP contribution in [0.1, 0.15) is 32.1 Å². The zero-order valence-corrected chi connectivity index (χ0v) is 17.1. The first-order chi connectivity index (χ1) is 11.8. The van der Waals surface area contributed by atoms with Gasteiger partial charge in [0, 0.05) is 11.1 Å². The van der Waals surface area contributed by atoms with Gasteiger partial charge in [-0.05, 0) is 49.5 Å². The van der Waals surface area contributed by atoms with E-state index >= 15 is 0 Å². The highest BCUT2D eigenvalue weighted by Gasteiger charge is 2.29. The minimum Gasteiger partial charge on any atom is -0.352 e. The maximum absolute atomic E-state index is 12.7. The Bertz CT molecular complexity index is 707. The Morgan fingerprint density at radius 2 is 2.00 bits per heavy atom. The van der Waals surface area contributed by atoms with Crippen LogP contribution in [-0.2, 0) is 14.8 Å². The SMILES string of the molecule is CSCC[C@@H](NS(=O)(=O)c1cc(Cl)ccc1Cl)C(=O)NC1CCCC1. The molecule has 0 unspecified atom stereocenters. The van der Waals surface area contributed by atoms with E-state index in [1.807, 2.05) is 6.26 Å². The molecule has 2 N–H and O–H groups in total. The van der Waals surface area contributed by atoms with Gasteiger partial charge < -0.3 is 5.32 Å². The second-order valence-electron chi connectivity index (χ2n) is 6.02. The number of halogens is 2. The molecule has 140 valence electrons. The van der Waals surface area contributed by atoms with Crippen molar-refractivity contribution in [3.8, 4) is 0 Å². The number of amides is 1. The molecule has 1 fully saturated rings. The van der Waals surface area contributed by atoms with Crippen molar-refractivity contribution < 1.29 is 13.2 Å². The Morgan fingerprint density at radius 3 is 2.64 bits per heavy atom. The minimum absolute atomic E-state index is 0.0664. The lowest BCUT2D eigenvalue weighted by atomic mass is 10.2. The molecule has 5 nitrogen and oxygen atoms in total. The summed E-state index contributed by atoms with van der Waals surface area (Å²) in [6, 6.07) is 3.51. The summed E-state index contributed by atoms with van der Waals surface area (Å²) in [7, 11) is -3.96. The normalized spacial score (nSPS) is 16.8. The monoisotopic (exact) mass is 424 g/mol. The number of sulfonamides is 1. The summed E-state index contributed by atoms with van der Waals surface area (Å²) in [4.78, 5) is 12.4. The van der Waals surface area contributed by atoms with Gasteiger partial charge in [0.05, 0.1) is 5.02 Å². The Labute approximate surface area is 163 Å². The fourth-order valence-electron chi connectivity index (χ4n) is 2.79. The van der Waals surface area contributed by atoms with Gasteiger partial charge in [-0.25, -0.2) is 8.42 Å². The highest BCUT2D eigenvalue weighted by Crippen LogP contribution is 2.25. The van der Waals surface area contributed by atoms with Crippen LogP contribution in [-0.4, -0.2) is 38.4 Å². The summed E-state index contributed by atoms with van der Waals surface area (Å²) in [5.74, 6) is 0.372. The van der Waals surface area contributed by atoms with Crippen molar-refractivity contribution in [2.24, 2.45) is 0 Å². The fraction of sp³-hybridized carbons (Fsp3) is 0.562. The van der Waals surface area contributed by atoms with E-state index in [9.17, 15) is 13.2 Å². The minimum atomic E-state index is -3.96. The highest BCUT2D eigenvalue weighted by atomic mass is 35.5. The summed E-state index contributed by atoms with van der Waals surface area (Å²) in [5, 5.41) is 3.28. The van der Waals surface area contributed by atoms with Crippen LogP contribution in [0.25, 0.3) is 0 Å². The third-order valence-electron chi connectivity index (χ3n) is 4.11. The summed E-state index contributed by atoms with van der Waals surface area (Å²) >= 11 is 13.4. The first-order valence-electron chi connectivity index (χ1n) is 8.10. The van der Waals surface area contributed by atoms with Crippen LogP contribution in [0.15, 0.2) is 23.1 Å². The van der Waals surface area contributed by atoms with Gasteiger partial charge >= 0.3 is 0 Å². The van der Waals surface area contributed by atoms with Crippen LogP contribution in [0.4, 0.5) is 0 Å². The molecule has 1 atom stereocenters. The predicted molar refractivity (Wildman–Crippen MR) is 104 cm³/mol. The van der Waals surface area contributed by atoms with Crippen LogP contribution in [0.2, 0.25) is 10.0 Å². The molecule has 1 aliphatic carbocycles. The number of carbonyl (C=O) groups excluding carboxylic acids is 1. The summed E-state index contributed by atoms with van der Waals surface area (Å²) in [6.07, 6.45) is 6.36. The van der Waals surface area contributed by atoms with Gasteiger partial charge in [-0.2, -0.15) is 16.5 Å². The van der Waals surface area contributed by atoms with Gasteiger partial charge in [0.1, 0.15) is 10.9 Å². The van der Waals surface area contributed by atoms with E-state index in [0.29, 0.717) is 12.2 Å². The van der Waals surface area contributed by atoms with E-state index < -0.39 is 16.1 Å². The van der Waals surface area contributed by atoms with Crippen molar-refractivity contribution in [1.29, 1.82) is 0 Å². The molecule has 25 heavy (non-hydrogen) atoms. The van der Waals surface area contributed by atoms with Gasteiger partial charge in [0.2, 0.25) is 15.9 Å². The fourth-order valence-corrected chi connectivity index (χ4v) is 5.25. The van der Waals surface area contributed by atoms with Crippen molar-refractivity contribution in [3.63, 3.8) is 0 Å². The largest absolute Gasteiger partial charge is 0.352 e. The van der Waals surface area contributed by atoms with Crippen LogP contribution in [0.5, 0.6) is 0 Å². The third-order valence-corrected chi connectivity index (χ3v) is 6.94. The molecule has 0 radical (unpaired) electrons. The Balaban J connectivity index is 2.16. The average molecular weight is 425 g/mol. The quantitative estimate of drug-likeness (QED) is 0.669. The summed E-state index contributed by atoms with van der Waals surface area (Å²) in [5.41, 5.74) is 0. The van der Waals surface area contributed by atoms with Crippen LogP contribution in [0.3, 0.4) is 0 Å². The van der Waals surface area contributed by atoms with Crippen LogP contribution < -0.4 is 10.0 Å². The van der Waals surface area contributed by atoms with Crippen molar-refractivity contribution in [2.45, 2.75) is 49.1 Å². The predicted octanol–water partition coefficient (Wildman–Crippen LogP) is 3.45. The van der Waals surface area contributed by atoms with E-state index in [1.165, 1.54) is 18.2 Å². The van der Waals surface area contributed by atoms with Crippen LogP contribution in [0, 0.1) is 0 Å². The topological polar surface area (TPSA) is 75.3 Å². The Hall–Kier alpha value is -0.470. The van der Waals surface area contributed by atoms with E-state index in [-0.39, 0.29) is 26.9 Å². The lowest BCUT2D eigenvalue weighted by Crippen LogP contribution is -2.49. The van der Waals surface area contributed by atoms with E-state index in [4.69, 9.17) is 23.2 Å². The molecule has 0 spiro atoms. The second kappa shape index (κ2) is 9.46. The molecule has 0 aliphatic heterocycles. The van der Waals surface area contributed by atoms with E-state index in [0.717, 1.165) is 25.7 Å². The molecule has 2 rings (SSSR count). The number of rotatable bonds is 8. The Morgan fingerprint density at radius 1 is 1.32 bits per heavy atom. The molecule has 1 aromatic rings. The maximum atomic E-state index is 12.7. The lowest BCUT2D eigenvalue weighted by molar-refractivity contribution is -0.123. The van der Waals surface area contributed by atoms with Gasteiger partial charge in [-0.1, -0.05) is 36.0 Å². The van der Waals surface area contributed by atoms with Gasteiger partial charge in [-0.15, -0.1) is 0 Å². The Kier molecular flexibility index (Phi) is 7.89. The number of nitrogens with one attached hydrogen (secondary N) is 2. The molecule has 0 heterocycles. The molecular formula is C16H22Cl2N2O3S2. The smallest absolute Gasteiger partial charge is 0.242 e. The molecule has 9 heteroatoms. The third kappa shape index (κ3) is 6.03. The summed E-state index contributed by atoms with van der Waals surface area (Å²) < 4.78 is 27.8. The molecule has 1 aliphatic rings. The van der Waals surface area contributed by atoms with Crippen molar-refractivity contribution in [1.82, 2.24) is 10.0 Å². The van der Waals surface area contributed by atoms with Gasteiger partial charge in [0.25, 0.3) is 0 Å². The molecule has 1 amide bonds. The summed E-state index contributed by atoms with van der Waals surface area (Å²) in [6.45, 7) is 0. The zero-order chi connectivity index (χ0) is 18.4. The first kappa shape index (κ1) is 20.8. The first-order valence-corrected chi connectivity index (χ1v) is 11.7. The maximum Gasteiger partial charge on any atom is 0.242 e. The lowest BCUT2D eigenvalue weighted by Gasteiger charge is -2.21. The molecule has 0 bridgehead atoms. The van der Waals surface area contributed by atoms with E-state index in [1.54, 1.807) is 11.8 Å². The number of thioether (sulfide) groups is 1. The van der Waals surface area contributed by atoms with Crippen molar-refractivity contribution in [2.75, 3.05) is 12.0 Å². The van der Waals surface area contributed by atoms with Crippen molar-refractivity contribution in [3.05, 3.63) is 28.2 Å². The number of hydrogen-bond acceptors (Lipinski definition) is 4. The second-order valence-corrected chi connectivity index (χ2v) is 9.53. The number of carbonyl (C=O) groups is 1. The molecule has 1 aromatic carbocycles. The van der Waals surface area contributed by atoms with Gasteiger partial charge in [0.15, 0.2) is 0 Å². The number of benzene rings is 1.